The number of nitrogens with one attached hydrogen (secondary N) is 1. The maximum Gasteiger partial charge on any atom is 0.0934 e. The third-order valence-corrected chi connectivity index (χ3v) is 2.73. The molecule has 2 rings (SSSR count). The van der Waals surface area contributed by atoms with Gasteiger partial charge in [0.15, 0.2) is 0 Å². The quantitative estimate of drug-likeness (QED) is 0.555. The summed E-state index contributed by atoms with van der Waals surface area (Å²) in [6.45, 7) is 2.74. The third-order valence-electron chi connectivity index (χ3n) is 2.73. The van der Waals surface area contributed by atoms with Crippen molar-refractivity contribution in [3.8, 4) is 0 Å². The van der Waals surface area contributed by atoms with Crippen molar-refractivity contribution in [3.63, 3.8) is 0 Å². The molecule has 3 nitrogen and oxygen atoms in total. The lowest BCUT2D eigenvalue weighted by atomic mass is 9.86. The van der Waals surface area contributed by atoms with E-state index in [-0.39, 0.29) is 5.60 Å². The van der Waals surface area contributed by atoms with Crippen molar-refractivity contribution in [2.45, 2.75) is 31.0 Å². The monoisotopic (exact) mass is 156 g/mol. The predicted octanol–water partition coefficient (Wildman–Crippen LogP) is -0.144. The minimum atomic E-state index is 0.183. The lowest BCUT2D eigenvalue weighted by molar-refractivity contribution is -0.149. The van der Waals surface area contributed by atoms with Crippen LogP contribution in [0.15, 0.2) is 0 Å². The molecule has 2 heterocycles. The van der Waals surface area contributed by atoms with Crippen molar-refractivity contribution in [2.75, 3.05) is 19.6 Å². The second-order valence-corrected chi connectivity index (χ2v) is 3.65. The highest BCUT2D eigenvalue weighted by molar-refractivity contribution is 4.97. The summed E-state index contributed by atoms with van der Waals surface area (Å²) in [4.78, 5) is 0. The molecule has 0 radical (unpaired) electrons. The lowest BCUT2D eigenvalue weighted by Gasteiger charge is -2.47. The van der Waals surface area contributed by atoms with Gasteiger partial charge in [0.2, 0.25) is 0 Å². The molecule has 0 amide bonds. The maximum absolute atomic E-state index is 5.87. The van der Waals surface area contributed by atoms with Crippen LogP contribution in [0.1, 0.15) is 19.3 Å². The smallest absolute Gasteiger partial charge is 0.0934 e. The van der Waals surface area contributed by atoms with Gasteiger partial charge in [0.05, 0.1) is 11.7 Å². The molecule has 0 aromatic heterocycles. The van der Waals surface area contributed by atoms with Crippen molar-refractivity contribution >= 4 is 0 Å². The van der Waals surface area contributed by atoms with Crippen LogP contribution in [0.3, 0.4) is 0 Å². The molecule has 0 saturated carbocycles. The SMILES string of the molecule is NCC1CCCC2(CNC2)O1. The predicted molar refractivity (Wildman–Crippen MR) is 43.4 cm³/mol. The average molecular weight is 156 g/mol. The second kappa shape index (κ2) is 2.73. The molecule has 1 atom stereocenters. The van der Waals surface area contributed by atoms with Crippen LogP contribution >= 0.6 is 0 Å². The van der Waals surface area contributed by atoms with Crippen LogP contribution in [-0.4, -0.2) is 31.3 Å². The Balaban J connectivity index is 1.92. The van der Waals surface area contributed by atoms with Crippen LogP contribution in [0.25, 0.3) is 0 Å². The first kappa shape index (κ1) is 7.53. The molecular weight excluding hydrogens is 140 g/mol. The summed E-state index contributed by atoms with van der Waals surface area (Å²) >= 11 is 0. The molecule has 0 bridgehead atoms. The molecule has 2 aliphatic rings. The van der Waals surface area contributed by atoms with Gasteiger partial charge in [-0.2, -0.15) is 0 Å². The molecule has 64 valence electrons. The summed E-state index contributed by atoms with van der Waals surface area (Å²) in [6.07, 6.45) is 3.98. The van der Waals surface area contributed by atoms with E-state index < -0.39 is 0 Å². The first-order chi connectivity index (χ1) is 5.35. The molecule has 2 aliphatic heterocycles. The van der Waals surface area contributed by atoms with Crippen molar-refractivity contribution in [1.82, 2.24) is 5.32 Å². The Bertz CT molecular complexity index is 145. The summed E-state index contributed by atoms with van der Waals surface area (Å²) < 4.78 is 5.87. The Labute approximate surface area is 67.3 Å². The van der Waals surface area contributed by atoms with E-state index in [0.29, 0.717) is 12.6 Å². The van der Waals surface area contributed by atoms with Crippen LogP contribution in [0.5, 0.6) is 0 Å². The fourth-order valence-electron chi connectivity index (χ4n) is 1.95. The van der Waals surface area contributed by atoms with Crippen molar-refractivity contribution < 1.29 is 4.74 Å². The molecular formula is C8H16N2O. The largest absolute Gasteiger partial charge is 0.368 e. The summed E-state index contributed by atoms with van der Waals surface area (Å²) in [6, 6.07) is 0. The van der Waals surface area contributed by atoms with E-state index in [1.165, 1.54) is 12.8 Å². The normalized spacial score (nSPS) is 35.2. The van der Waals surface area contributed by atoms with Crippen molar-refractivity contribution in [3.05, 3.63) is 0 Å². The van der Waals surface area contributed by atoms with E-state index in [0.717, 1.165) is 19.5 Å². The second-order valence-electron chi connectivity index (χ2n) is 3.65. The molecule has 0 aromatic rings. The minimum absolute atomic E-state index is 0.183. The Morgan fingerprint density at radius 1 is 1.55 bits per heavy atom. The molecule has 0 aliphatic carbocycles. The van der Waals surface area contributed by atoms with Crippen molar-refractivity contribution in [2.24, 2.45) is 5.73 Å². The van der Waals surface area contributed by atoms with E-state index in [2.05, 4.69) is 5.32 Å². The molecule has 0 aromatic carbocycles. The van der Waals surface area contributed by atoms with Crippen LogP contribution in [0.2, 0.25) is 0 Å². The molecule has 1 unspecified atom stereocenters. The number of hydrogen-bond acceptors (Lipinski definition) is 3. The van der Waals surface area contributed by atoms with Gasteiger partial charge in [-0.05, 0) is 19.3 Å². The van der Waals surface area contributed by atoms with E-state index in [4.69, 9.17) is 10.5 Å². The zero-order valence-corrected chi connectivity index (χ0v) is 6.81. The molecule has 1 spiro atoms. The molecule has 3 heteroatoms. The number of rotatable bonds is 1. The number of nitrogens with two attached hydrogens (primary N) is 1. The summed E-state index contributed by atoms with van der Waals surface area (Å²) in [5.41, 5.74) is 5.74. The van der Waals surface area contributed by atoms with Crippen LogP contribution in [0.4, 0.5) is 0 Å². The highest BCUT2D eigenvalue weighted by atomic mass is 16.5. The zero-order chi connectivity index (χ0) is 7.73. The zero-order valence-electron chi connectivity index (χ0n) is 6.81. The van der Waals surface area contributed by atoms with E-state index >= 15 is 0 Å². The van der Waals surface area contributed by atoms with Gasteiger partial charge in [-0.1, -0.05) is 0 Å². The topological polar surface area (TPSA) is 47.3 Å². The Morgan fingerprint density at radius 3 is 2.91 bits per heavy atom. The Kier molecular flexibility index (Phi) is 1.87. The summed E-state index contributed by atoms with van der Waals surface area (Å²) in [5, 5.41) is 3.25. The first-order valence-corrected chi connectivity index (χ1v) is 4.43. The van der Waals surface area contributed by atoms with E-state index in [1.54, 1.807) is 0 Å². The Morgan fingerprint density at radius 2 is 2.36 bits per heavy atom. The Hall–Kier alpha value is -0.120. The molecule has 11 heavy (non-hydrogen) atoms. The number of ether oxygens (including phenoxy) is 1. The van der Waals surface area contributed by atoms with Gasteiger partial charge in [0.25, 0.3) is 0 Å². The average Bonchev–Trinajstić information content (AvgIpc) is 2.02. The van der Waals surface area contributed by atoms with Crippen LogP contribution < -0.4 is 11.1 Å². The van der Waals surface area contributed by atoms with E-state index in [9.17, 15) is 0 Å². The van der Waals surface area contributed by atoms with Crippen LogP contribution in [0, 0.1) is 0 Å². The molecule has 3 N–H and O–H groups in total. The highest BCUT2D eigenvalue weighted by Crippen LogP contribution is 2.31. The van der Waals surface area contributed by atoms with Gasteiger partial charge in [0.1, 0.15) is 0 Å². The maximum atomic E-state index is 5.87. The summed E-state index contributed by atoms with van der Waals surface area (Å²) in [7, 11) is 0. The minimum Gasteiger partial charge on any atom is -0.368 e. The van der Waals surface area contributed by atoms with Gasteiger partial charge in [-0.25, -0.2) is 0 Å². The van der Waals surface area contributed by atoms with Gasteiger partial charge >= 0.3 is 0 Å². The van der Waals surface area contributed by atoms with Gasteiger partial charge in [0, 0.05) is 19.6 Å². The van der Waals surface area contributed by atoms with Gasteiger partial charge in [-0.15, -0.1) is 0 Å². The lowest BCUT2D eigenvalue weighted by Crippen LogP contribution is -2.64. The standard InChI is InChI=1S/C8H16N2O/c9-4-7-2-1-3-8(11-7)5-10-6-8/h7,10H,1-6,9H2. The first-order valence-electron chi connectivity index (χ1n) is 4.43. The van der Waals surface area contributed by atoms with Gasteiger partial charge < -0.3 is 15.8 Å². The van der Waals surface area contributed by atoms with E-state index in [1.807, 2.05) is 0 Å². The third kappa shape index (κ3) is 1.28. The molecule has 2 fully saturated rings. The highest BCUT2D eigenvalue weighted by Gasteiger charge is 2.41. The van der Waals surface area contributed by atoms with Crippen molar-refractivity contribution in [1.29, 1.82) is 0 Å². The fourth-order valence-corrected chi connectivity index (χ4v) is 1.95. The van der Waals surface area contributed by atoms with Gasteiger partial charge in [-0.3, -0.25) is 0 Å². The van der Waals surface area contributed by atoms with Crippen LogP contribution in [-0.2, 0) is 4.74 Å². The summed E-state index contributed by atoms with van der Waals surface area (Å²) in [5.74, 6) is 0. The fraction of sp³-hybridized carbons (Fsp3) is 1.00. The number of hydrogen-bond donors (Lipinski definition) is 2. The molecule has 2 saturated heterocycles.